The first-order chi connectivity index (χ1) is 21.0. The molecule has 3 N–H and O–H groups in total. The van der Waals surface area contributed by atoms with E-state index in [2.05, 4.69) is 5.32 Å². The van der Waals surface area contributed by atoms with E-state index in [9.17, 15) is 9.59 Å². The Balaban J connectivity index is 1.33. The maximum absolute atomic E-state index is 15.5. The molecular formula is C34H43FN4O4S. The van der Waals surface area contributed by atoms with E-state index in [0.717, 1.165) is 63.5 Å². The van der Waals surface area contributed by atoms with Gasteiger partial charge in [-0.05, 0) is 86.3 Å². The molecule has 0 unspecified atom stereocenters. The van der Waals surface area contributed by atoms with Crippen LogP contribution in [0.1, 0.15) is 87.2 Å². The number of hydrogen-bond acceptors (Lipinski definition) is 7. The number of carbonyl (C=O) groups excluding carboxylic acids is 2. The molecule has 2 amide bonds. The van der Waals surface area contributed by atoms with Gasteiger partial charge >= 0.3 is 0 Å². The zero-order chi connectivity index (χ0) is 31.4. The fraction of sp³-hybridized carbons (Fsp3) is 0.529. The van der Waals surface area contributed by atoms with Crippen molar-refractivity contribution in [2.45, 2.75) is 78.3 Å². The maximum atomic E-state index is 15.5. The number of nitrogens with one attached hydrogen (secondary N) is 3. The Morgan fingerprint density at radius 1 is 1.14 bits per heavy atom. The van der Waals surface area contributed by atoms with Gasteiger partial charge in [-0.15, -0.1) is 0 Å². The van der Waals surface area contributed by atoms with Gasteiger partial charge in [-0.3, -0.25) is 20.4 Å². The van der Waals surface area contributed by atoms with Crippen LogP contribution in [0, 0.1) is 33.9 Å². The highest BCUT2D eigenvalue weighted by molar-refractivity contribution is 8.26. The highest BCUT2D eigenvalue weighted by Gasteiger charge is 2.37. The van der Waals surface area contributed by atoms with E-state index in [-0.39, 0.29) is 40.9 Å². The number of likely N-dealkylation sites (tertiary alicyclic amines) is 1. The molecule has 0 aromatic heterocycles. The predicted octanol–water partition coefficient (Wildman–Crippen LogP) is 7.15. The molecule has 2 aromatic carbocycles. The van der Waals surface area contributed by atoms with Crippen LogP contribution in [0.4, 0.5) is 4.39 Å². The van der Waals surface area contributed by atoms with E-state index in [1.807, 2.05) is 20.8 Å². The van der Waals surface area contributed by atoms with Crippen molar-refractivity contribution in [1.29, 1.82) is 10.8 Å². The van der Waals surface area contributed by atoms with Gasteiger partial charge in [0.05, 0.1) is 10.6 Å². The van der Waals surface area contributed by atoms with Crippen LogP contribution < -0.4 is 10.1 Å². The Morgan fingerprint density at radius 3 is 2.43 bits per heavy atom. The molecule has 3 aliphatic rings. The molecular weight excluding hydrogens is 579 g/mol. The third kappa shape index (κ3) is 7.69. The topological polar surface area (TPSA) is 116 Å². The average Bonchev–Trinajstić information content (AvgIpc) is 3.32. The number of hydrogen-bond donors (Lipinski definition) is 3. The Labute approximate surface area is 263 Å². The summed E-state index contributed by atoms with van der Waals surface area (Å²) in [5.41, 5.74) is 1.36. The Kier molecular flexibility index (Phi) is 10.1. The van der Waals surface area contributed by atoms with E-state index < -0.39 is 11.7 Å². The summed E-state index contributed by atoms with van der Waals surface area (Å²) in [4.78, 5) is 27.6. The van der Waals surface area contributed by atoms with Crippen LogP contribution in [-0.2, 0) is 16.1 Å². The molecule has 2 aromatic rings. The van der Waals surface area contributed by atoms with Crippen molar-refractivity contribution in [2.75, 3.05) is 19.8 Å². The van der Waals surface area contributed by atoms with Crippen molar-refractivity contribution in [2.24, 2.45) is 17.3 Å². The summed E-state index contributed by atoms with van der Waals surface area (Å²) in [7, 11) is 0. The highest BCUT2D eigenvalue weighted by atomic mass is 32.2. The summed E-state index contributed by atoms with van der Waals surface area (Å²) in [6.07, 6.45) is 6.36. The Bertz CT molecular complexity index is 1400. The van der Waals surface area contributed by atoms with E-state index in [1.165, 1.54) is 12.1 Å². The zero-order valence-electron chi connectivity index (χ0n) is 25.8. The van der Waals surface area contributed by atoms with Gasteiger partial charge in [0, 0.05) is 55.8 Å². The third-order valence-electron chi connectivity index (χ3n) is 9.18. The minimum Gasteiger partial charge on any atom is -0.457 e. The number of thioether (sulfide) groups is 1. The van der Waals surface area contributed by atoms with Crippen LogP contribution in [0.15, 0.2) is 36.4 Å². The SMILES string of the molecule is CC(C)C(=N)SC(=N)c1ccc(Oc2cc(C(=O)NC3CCC4(CCOCC4)CC3)c(F)cc2CN2C[C@@H](C)CC2=O)cc1. The van der Waals surface area contributed by atoms with Gasteiger partial charge in [0.2, 0.25) is 5.91 Å². The molecule has 0 bridgehead atoms. The van der Waals surface area contributed by atoms with Gasteiger partial charge < -0.3 is 19.7 Å². The van der Waals surface area contributed by atoms with E-state index in [4.69, 9.17) is 20.3 Å². The van der Waals surface area contributed by atoms with Crippen molar-refractivity contribution in [3.63, 3.8) is 0 Å². The first-order valence-electron chi connectivity index (χ1n) is 15.6. The molecule has 1 aliphatic carbocycles. The normalized spacial score (nSPS) is 20.2. The highest BCUT2D eigenvalue weighted by Crippen LogP contribution is 2.44. The number of carbonyl (C=O) groups is 2. The van der Waals surface area contributed by atoms with Crippen LogP contribution in [-0.4, -0.2) is 52.6 Å². The number of rotatable bonds is 8. The first kappa shape index (κ1) is 32.2. The Morgan fingerprint density at radius 2 is 1.82 bits per heavy atom. The van der Waals surface area contributed by atoms with Crippen molar-refractivity contribution >= 4 is 33.7 Å². The molecule has 0 radical (unpaired) electrons. The summed E-state index contributed by atoms with van der Waals surface area (Å²) in [6, 6.07) is 9.67. The summed E-state index contributed by atoms with van der Waals surface area (Å²) < 4.78 is 27.3. The molecule has 3 fully saturated rings. The van der Waals surface area contributed by atoms with Gasteiger partial charge in [0.1, 0.15) is 22.4 Å². The molecule has 5 rings (SSSR count). The van der Waals surface area contributed by atoms with Gasteiger partial charge in [-0.25, -0.2) is 4.39 Å². The second-order valence-electron chi connectivity index (χ2n) is 13.0. The molecule has 1 spiro atoms. The van der Waals surface area contributed by atoms with Gasteiger partial charge in [0.25, 0.3) is 5.91 Å². The summed E-state index contributed by atoms with van der Waals surface area (Å²) in [5.74, 6) is -0.0698. The van der Waals surface area contributed by atoms with Gasteiger partial charge in [-0.1, -0.05) is 32.5 Å². The number of benzene rings is 2. The summed E-state index contributed by atoms with van der Waals surface area (Å²) in [6.45, 7) is 8.21. The van der Waals surface area contributed by atoms with E-state index >= 15 is 4.39 Å². The molecule has 2 heterocycles. The van der Waals surface area contributed by atoms with Crippen LogP contribution in [0.5, 0.6) is 11.5 Å². The lowest BCUT2D eigenvalue weighted by Gasteiger charge is -2.42. The molecule has 44 heavy (non-hydrogen) atoms. The zero-order valence-corrected chi connectivity index (χ0v) is 26.7. The predicted molar refractivity (Wildman–Crippen MR) is 171 cm³/mol. The van der Waals surface area contributed by atoms with Crippen molar-refractivity contribution in [1.82, 2.24) is 10.2 Å². The fourth-order valence-corrected chi connectivity index (χ4v) is 7.05. The molecule has 1 saturated carbocycles. The van der Waals surface area contributed by atoms with Crippen LogP contribution >= 0.6 is 11.8 Å². The lowest BCUT2D eigenvalue weighted by atomic mass is 9.68. The molecule has 8 nitrogen and oxygen atoms in total. The number of nitrogens with zero attached hydrogens (tertiary/aromatic N) is 1. The summed E-state index contributed by atoms with van der Waals surface area (Å²) in [5, 5.41) is 20.2. The maximum Gasteiger partial charge on any atom is 0.254 e. The van der Waals surface area contributed by atoms with Crippen LogP contribution in [0.2, 0.25) is 0 Å². The average molecular weight is 623 g/mol. The minimum atomic E-state index is -0.644. The second kappa shape index (κ2) is 13.8. The molecule has 236 valence electrons. The van der Waals surface area contributed by atoms with Crippen LogP contribution in [0.25, 0.3) is 0 Å². The number of ether oxygens (including phenoxy) is 2. The standard InChI is InChI=1S/C34H43FN4O4S/c1-21(2)31(36)44-32(37)23-4-6-26(7-5-23)43-29-18-27(28(35)17-24(29)20-39-19-22(3)16-30(39)40)33(41)38-25-8-10-34(11-9-25)12-14-42-15-13-34/h4-7,17-18,21-22,25,36-37H,8-16,19-20H2,1-3H3,(H,38,41)/t22-/m0/s1. The van der Waals surface area contributed by atoms with Gasteiger partial charge in [-0.2, -0.15) is 0 Å². The van der Waals surface area contributed by atoms with Crippen molar-refractivity contribution in [3.8, 4) is 11.5 Å². The molecule has 10 heteroatoms. The molecule has 1 atom stereocenters. The monoisotopic (exact) mass is 622 g/mol. The third-order valence-corrected chi connectivity index (χ3v) is 10.3. The van der Waals surface area contributed by atoms with Crippen LogP contribution in [0.3, 0.4) is 0 Å². The van der Waals surface area contributed by atoms with E-state index in [1.54, 1.807) is 29.2 Å². The lowest BCUT2D eigenvalue weighted by Crippen LogP contribution is -2.42. The second-order valence-corrected chi connectivity index (χ2v) is 14.0. The first-order valence-corrected chi connectivity index (χ1v) is 16.5. The summed E-state index contributed by atoms with van der Waals surface area (Å²) >= 11 is 1.11. The van der Waals surface area contributed by atoms with Crippen molar-refractivity contribution < 1.29 is 23.5 Å². The quantitative estimate of drug-likeness (QED) is 0.214. The lowest BCUT2D eigenvalue weighted by molar-refractivity contribution is -0.128. The van der Waals surface area contributed by atoms with Gasteiger partial charge in [0.15, 0.2) is 0 Å². The molecule has 2 saturated heterocycles. The minimum absolute atomic E-state index is 0.0117. The smallest absolute Gasteiger partial charge is 0.254 e. The fourth-order valence-electron chi connectivity index (χ4n) is 6.35. The van der Waals surface area contributed by atoms with E-state index in [0.29, 0.717) is 46.1 Å². The Hall–Kier alpha value is -3.24. The van der Waals surface area contributed by atoms with Crippen molar-refractivity contribution in [3.05, 3.63) is 58.9 Å². The number of halogens is 1. The largest absolute Gasteiger partial charge is 0.457 e. The number of amides is 2. The molecule has 2 aliphatic heterocycles.